The number of rotatable bonds is 7. The molecule has 194 valence electrons. The van der Waals surface area contributed by atoms with Crippen LogP contribution in [0.1, 0.15) is 119 Å². The summed E-state index contributed by atoms with van der Waals surface area (Å²) in [5.41, 5.74) is 2.77. The average Bonchev–Trinajstić information content (AvgIpc) is 3.14. The lowest BCUT2D eigenvalue weighted by atomic mass is 9.47. The predicted molar refractivity (Wildman–Crippen MR) is 145 cm³/mol. The lowest BCUT2D eigenvalue weighted by Crippen LogP contribution is -2.51. The molecule has 0 unspecified atom stereocenters. The minimum absolute atomic E-state index is 0.379. The summed E-state index contributed by atoms with van der Waals surface area (Å²) in [6, 6.07) is 0. The Morgan fingerprint density at radius 2 is 1.79 bits per heavy atom. The Labute approximate surface area is 212 Å². The van der Waals surface area contributed by atoms with Crippen molar-refractivity contribution in [1.29, 1.82) is 0 Å². The van der Waals surface area contributed by atoms with Gasteiger partial charge in [0, 0.05) is 6.42 Å². The van der Waals surface area contributed by atoms with Crippen LogP contribution in [-0.2, 0) is 4.74 Å². The Hall–Kier alpha value is -0.790. The molecule has 0 radical (unpaired) electrons. The molecule has 2 heteroatoms. The van der Waals surface area contributed by atoms with E-state index in [1.165, 1.54) is 64.2 Å². The van der Waals surface area contributed by atoms with E-state index in [4.69, 9.17) is 4.74 Å². The average molecular weight is 471 g/mol. The van der Waals surface area contributed by atoms with E-state index < -0.39 is 0 Å². The Morgan fingerprint density at radius 1 is 1.03 bits per heavy atom. The van der Waals surface area contributed by atoms with E-state index in [1.54, 1.807) is 5.57 Å². The fraction of sp³-hybridized carbons (Fsp3) is 0.906. The zero-order valence-corrected chi connectivity index (χ0v) is 24.0. The van der Waals surface area contributed by atoms with Crippen molar-refractivity contribution in [3.8, 4) is 0 Å². The SMILES string of the molecule is CCC(O[C@H]1CC[C@@]2(C)C(=CC[C@H]3[C@@H]4CC[C@H]([C@@H](C)CCCC(C)C)[C@@]4(C)CC[C@@H]32)C1)=[N+](C)C. The number of nitrogens with zero attached hydrogens (tertiary/aromatic N) is 1. The second-order valence-electron chi connectivity index (χ2n) is 13.9. The van der Waals surface area contributed by atoms with E-state index in [9.17, 15) is 0 Å². The van der Waals surface area contributed by atoms with Crippen molar-refractivity contribution in [2.45, 2.75) is 125 Å². The molecular formula is C32H56NO+. The third-order valence-electron chi connectivity index (χ3n) is 11.4. The number of hydrogen-bond donors (Lipinski definition) is 0. The summed E-state index contributed by atoms with van der Waals surface area (Å²) in [4.78, 5) is 0. The molecule has 4 rings (SSSR count). The molecule has 3 saturated carbocycles. The molecule has 4 aliphatic carbocycles. The van der Waals surface area contributed by atoms with Gasteiger partial charge in [-0.1, -0.05) is 72.5 Å². The third kappa shape index (κ3) is 4.78. The monoisotopic (exact) mass is 470 g/mol. The Kier molecular flexibility index (Phi) is 7.96. The van der Waals surface area contributed by atoms with Crippen LogP contribution < -0.4 is 0 Å². The maximum atomic E-state index is 6.51. The normalized spacial score (nSPS) is 40.1. The summed E-state index contributed by atoms with van der Waals surface area (Å²) in [6.45, 7) is 14.9. The molecule has 0 saturated heterocycles. The Balaban J connectivity index is 1.45. The van der Waals surface area contributed by atoms with Gasteiger partial charge in [0.1, 0.15) is 20.2 Å². The molecule has 0 bridgehead atoms. The van der Waals surface area contributed by atoms with Gasteiger partial charge in [0.15, 0.2) is 0 Å². The topological polar surface area (TPSA) is 12.2 Å². The number of fused-ring (bicyclic) bond motifs is 5. The molecule has 0 N–H and O–H groups in total. The lowest BCUT2D eigenvalue weighted by molar-refractivity contribution is -0.476. The van der Waals surface area contributed by atoms with Crippen LogP contribution in [0.3, 0.4) is 0 Å². The van der Waals surface area contributed by atoms with Crippen molar-refractivity contribution in [1.82, 2.24) is 0 Å². The van der Waals surface area contributed by atoms with Crippen LogP contribution in [0.15, 0.2) is 11.6 Å². The first-order valence-electron chi connectivity index (χ1n) is 15.0. The number of allylic oxidation sites excluding steroid dienone is 1. The van der Waals surface area contributed by atoms with Gasteiger partial charge in [0.2, 0.25) is 0 Å². The molecule has 34 heavy (non-hydrogen) atoms. The zero-order valence-electron chi connectivity index (χ0n) is 24.0. The molecule has 2 nitrogen and oxygen atoms in total. The zero-order chi connectivity index (χ0) is 24.7. The van der Waals surface area contributed by atoms with Crippen LogP contribution in [0.25, 0.3) is 0 Å². The van der Waals surface area contributed by atoms with E-state index in [0.29, 0.717) is 16.9 Å². The van der Waals surface area contributed by atoms with Gasteiger partial charge in [0.05, 0.1) is 6.42 Å². The van der Waals surface area contributed by atoms with Gasteiger partial charge in [-0.25, -0.2) is 4.58 Å². The lowest BCUT2D eigenvalue weighted by Gasteiger charge is -2.58. The van der Waals surface area contributed by atoms with E-state index in [-0.39, 0.29) is 0 Å². The Bertz CT molecular complexity index is 776. The largest absolute Gasteiger partial charge is 0.444 e. The molecular weight excluding hydrogens is 414 g/mol. The summed E-state index contributed by atoms with van der Waals surface area (Å²) < 4.78 is 8.67. The molecule has 3 fully saturated rings. The summed E-state index contributed by atoms with van der Waals surface area (Å²) >= 11 is 0. The highest BCUT2D eigenvalue weighted by Crippen LogP contribution is 2.67. The standard InChI is InChI=1S/C32H56NO/c1-9-30(33(7)8)34-25-17-19-31(5)24(21-25)13-14-26-28-16-15-27(23(4)12-10-11-22(2)3)32(28,6)20-18-29(26)31/h13,22-23,25-29H,9-12,14-21H2,1-8H3/q+1/t23-,25-,26-,27+,28-,29-,31-,32+/m0/s1. The van der Waals surface area contributed by atoms with Crippen molar-refractivity contribution < 1.29 is 9.31 Å². The predicted octanol–water partition coefficient (Wildman–Crippen LogP) is 8.49. The minimum Gasteiger partial charge on any atom is -0.444 e. The summed E-state index contributed by atoms with van der Waals surface area (Å²) in [5.74, 6) is 6.67. The van der Waals surface area contributed by atoms with Crippen LogP contribution in [0.4, 0.5) is 0 Å². The molecule has 0 aromatic rings. The van der Waals surface area contributed by atoms with Crippen LogP contribution in [0, 0.1) is 46.3 Å². The molecule has 8 atom stereocenters. The summed E-state index contributed by atoms with van der Waals surface area (Å²) in [5, 5.41) is 0. The second kappa shape index (κ2) is 10.3. The highest BCUT2D eigenvalue weighted by molar-refractivity contribution is 5.70. The van der Waals surface area contributed by atoms with Crippen LogP contribution >= 0.6 is 0 Å². The minimum atomic E-state index is 0.379. The molecule has 0 aromatic heterocycles. The van der Waals surface area contributed by atoms with Crippen LogP contribution in [-0.4, -0.2) is 30.7 Å². The van der Waals surface area contributed by atoms with Crippen molar-refractivity contribution in [2.75, 3.05) is 14.1 Å². The fourth-order valence-corrected chi connectivity index (χ4v) is 9.45. The van der Waals surface area contributed by atoms with Gasteiger partial charge in [-0.2, -0.15) is 0 Å². The van der Waals surface area contributed by atoms with Gasteiger partial charge in [-0.05, 0) is 91.3 Å². The maximum absolute atomic E-state index is 6.51. The van der Waals surface area contributed by atoms with Crippen LogP contribution in [0.5, 0.6) is 0 Å². The maximum Gasteiger partial charge on any atom is 0.335 e. The van der Waals surface area contributed by atoms with Gasteiger partial charge in [-0.15, -0.1) is 0 Å². The second-order valence-corrected chi connectivity index (χ2v) is 13.9. The van der Waals surface area contributed by atoms with E-state index in [2.05, 4.69) is 66.3 Å². The first-order chi connectivity index (χ1) is 16.1. The quantitative estimate of drug-likeness (QED) is 0.157. The first kappa shape index (κ1) is 26.3. The molecule has 4 aliphatic rings. The fourth-order valence-electron chi connectivity index (χ4n) is 9.45. The molecule has 0 heterocycles. The smallest absolute Gasteiger partial charge is 0.335 e. The number of hydrogen-bond acceptors (Lipinski definition) is 1. The number of ether oxygens (including phenoxy) is 1. The molecule has 0 spiro atoms. The Morgan fingerprint density at radius 3 is 2.47 bits per heavy atom. The van der Waals surface area contributed by atoms with E-state index in [0.717, 1.165) is 54.2 Å². The molecule has 0 aliphatic heterocycles. The third-order valence-corrected chi connectivity index (χ3v) is 11.4. The first-order valence-corrected chi connectivity index (χ1v) is 15.0. The van der Waals surface area contributed by atoms with Crippen molar-refractivity contribution in [3.05, 3.63) is 11.6 Å². The van der Waals surface area contributed by atoms with Gasteiger partial charge < -0.3 is 4.74 Å². The van der Waals surface area contributed by atoms with E-state index >= 15 is 0 Å². The van der Waals surface area contributed by atoms with Crippen molar-refractivity contribution in [2.24, 2.45) is 46.3 Å². The van der Waals surface area contributed by atoms with E-state index in [1.807, 2.05) is 0 Å². The summed E-state index contributed by atoms with van der Waals surface area (Å²) in [6.07, 6.45) is 19.4. The van der Waals surface area contributed by atoms with Crippen LogP contribution in [0.2, 0.25) is 0 Å². The van der Waals surface area contributed by atoms with Gasteiger partial charge in [0.25, 0.3) is 0 Å². The van der Waals surface area contributed by atoms with Gasteiger partial charge in [-0.3, -0.25) is 0 Å². The summed E-state index contributed by atoms with van der Waals surface area (Å²) in [7, 11) is 4.24. The van der Waals surface area contributed by atoms with Crippen molar-refractivity contribution >= 4 is 5.90 Å². The molecule has 0 aromatic carbocycles. The van der Waals surface area contributed by atoms with Gasteiger partial charge >= 0.3 is 5.90 Å². The van der Waals surface area contributed by atoms with Crippen molar-refractivity contribution in [3.63, 3.8) is 0 Å². The molecule has 0 amide bonds. The highest BCUT2D eigenvalue weighted by atomic mass is 16.5. The highest BCUT2D eigenvalue weighted by Gasteiger charge is 2.59.